The number of fused-ring (bicyclic) bond motifs is 5. The molecule has 0 spiro atoms. The van der Waals surface area contributed by atoms with E-state index in [4.69, 9.17) is 0 Å². The number of para-hydroxylation sites is 1. The van der Waals surface area contributed by atoms with Crippen molar-refractivity contribution in [1.29, 1.82) is 0 Å². The Balaban J connectivity index is 0.00000181. The number of hydrogen-bond acceptors (Lipinski definition) is 0. The first kappa shape index (κ1) is 15.7. The molecule has 2 aliphatic carbocycles. The van der Waals surface area contributed by atoms with Gasteiger partial charge in [0.25, 0.3) is 0 Å². The van der Waals surface area contributed by atoms with Crippen LogP contribution < -0.4 is 0 Å². The molecule has 0 amide bonds. The average molecular weight is 361 g/mol. The normalized spacial score (nSPS) is 20.1. The monoisotopic (exact) mass is 361 g/mol. The molecule has 1 heteroatoms. The van der Waals surface area contributed by atoms with Crippen molar-refractivity contribution in [2.24, 2.45) is 0 Å². The van der Waals surface area contributed by atoms with Gasteiger partial charge in [-0.25, -0.2) is 0 Å². The molecule has 3 aromatic carbocycles. The summed E-state index contributed by atoms with van der Waals surface area (Å²) in [7, 11) is 0. The Labute approximate surface area is 166 Å². The van der Waals surface area contributed by atoms with E-state index in [1.807, 2.05) is 0 Å². The van der Waals surface area contributed by atoms with Crippen molar-refractivity contribution in [2.75, 3.05) is 0 Å². The molecule has 28 heavy (non-hydrogen) atoms. The molecular formula is C27H23N. The predicted octanol–water partition coefficient (Wildman–Crippen LogP) is 7.01. The zero-order valence-electron chi connectivity index (χ0n) is 15.7. The van der Waals surface area contributed by atoms with Gasteiger partial charge in [0.15, 0.2) is 0 Å². The Morgan fingerprint density at radius 1 is 0.786 bits per heavy atom. The summed E-state index contributed by atoms with van der Waals surface area (Å²) in [4.78, 5) is 3.83. The lowest BCUT2D eigenvalue weighted by Gasteiger charge is -2.34. The lowest BCUT2D eigenvalue weighted by molar-refractivity contribution is 0.730. The van der Waals surface area contributed by atoms with Crippen LogP contribution in [0.5, 0.6) is 0 Å². The third-order valence-electron chi connectivity index (χ3n) is 6.32. The first-order chi connectivity index (χ1) is 13.9. The molecule has 0 aliphatic heterocycles. The van der Waals surface area contributed by atoms with Crippen LogP contribution in [0.2, 0.25) is 0 Å². The lowest BCUT2D eigenvalue weighted by atomic mass is 9.68. The van der Waals surface area contributed by atoms with E-state index in [0.29, 0.717) is 0 Å². The average Bonchev–Trinajstić information content (AvgIpc) is 3.28. The van der Waals surface area contributed by atoms with Gasteiger partial charge < -0.3 is 4.98 Å². The minimum absolute atomic E-state index is 0. The fourth-order valence-corrected chi connectivity index (χ4v) is 5.21. The number of aromatic nitrogens is 1. The molecule has 1 heterocycles. The third kappa shape index (κ3) is 1.91. The van der Waals surface area contributed by atoms with Gasteiger partial charge in [0.2, 0.25) is 0 Å². The van der Waals surface area contributed by atoms with Crippen LogP contribution in [0.25, 0.3) is 22.0 Å². The van der Waals surface area contributed by atoms with Crippen molar-refractivity contribution in [2.45, 2.75) is 18.3 Å². The van der Waals surface area contributed by atoms with E-state index in [9.17, 15) is 0 Å². The highest BCUT2D eigenvalue weighted by atomic mass is 14.8. The van der Waals surface area contributed by atoms with Gasteiger partial charge in [0, 0.05) is 23.6 Å². The zero-order chi connectivity index (χ0) is 18.6. The van der Waals surface area contributed by atoms with Gasteiger partial charge in [0.05, 0.1) is 5.41 Å². The van der Waals surface area contributed by atoms with E-state index in [1.165, 1.54) is 44.4 Å². The molecule has 136 valence electrons. The summed E-state index contributed by atoms with van der Waals surface area (Å²) in [5.41, 5.74) is 9.01. The van der Waals surface area contributed by atoms with Gasteiger partial charge in [-0.2, -0.15) is 0 Å². The van der Waals surface area contributed by atoms with Crippen LogP contribution in [0, 0.1) is 0 Å². The van der Waals surface area contributed by atoms with E-state index in [0.717, 1.165) is 12.8 Å². The molecule has 0 fully saturated rings. The fourth-order valence-electron chi connectivity index (χ4n) is 5.21. The summed E-state index contributed by atoms with van der Waals surface area (Å²) in [6.45, 7) is 0. The van der Waals surface area contributed by atoms with Crippen molar-refractivity contribution >= 4 is 10.9 Å². The third-order valence-corrected chi connectivity index (χ3v) is 6.32. The number of H-pyrrole nitrogens is 1. The largest absolute Gasteiger partial charge is 0.357 e. The highest BCUT2D eigenvalue weighted by molar-refractivity contribution is 6.03. The Morgan fingerprint density at radius 2 is 1.57 bits per heavy atom. The zero-order valence-corrected chi connectivity index (χ0v) is 15.7. The number of nitrogens with one attached hydrogen (secondary N) is 1. The van der Waals surface area contributed by atoms with Crippen LogP contribution in [0.4, 0.5) is 0 Å². The maximum Gasteiger partial charge on any atom is 0.0861 e. The van der Waals surface area contributed by atoms with Crippen LogP contribution in [0.15, 0.2) is 103 Å². The van der Waals surface area contributed by atoms with Gasteiger partial charge in [-0.1, -0.05) is 91.0 Å². The maximum atomic E-state index is 3.83. The highest BCUT2D eigenvalue weighted by Gasteiger charge is 2.48. The number of rotatable bonds is 2. The first-order valence-electron chi connectivity index (χ1n) is 10.0. The minimum Gasteiger partial charge on any atom is -0.357 e. The predicted molar refractivity (Wildman–Crippen MR) is 119 cm³/mol. The summed E-state index contributed by atoms with van der Waals surface area (Å²) in [6.07, 6.45) is 9.31. The number of hydrogen-bond donors (Lipinski definition) is 1. The minimum atomic E-state index is -0.289. The maximum absolute atomic E-state index is 3.83. The van der Waals surface area contributed by atoms with E-state index in [-0.39, 0.29) is 6.84 Å². The van der Waals surface area contributed by atoms with Gasteiger partial charge in [-0.3, -0.25) is 0 Å². The lowest BCUT2D eigenvalue weighted by Crippen LogP contribution is -2.30. The van der Waals surface area contributed by atoms with Gasteiger partial charge in [0.1, 0.15) is 0 Å². The van der Waals surface area contributed by atoms with E-state index < -0.39 is 0 Å². The van der Waals surface area contributed by atoms with Gasteiger partial charge in [-0.15, -0.1) is 0 Å². The molecule has 1 unspecified atom stereocenters. The summed E-state index contributed by atoms with van der Waals surface area (Å²) in [6, 6.07) is 28.6. The molecule has 6 rings (SSSR count). The van der Waals surface area contributed by atoms with E-state index in [2.05, 4.69) is 102 Å². The van der Waals surface area contributed by atoms with Crippen LogP contribution in [0.1, 0.15) is 31.1 Å². The first-order valence-corrected chi connectivity index (χ1v) is 10.0. The van der Waals surface area contributed by atoms with Gasteiger partial charge >= 0.3 is 0 Å². The number of aromatic amines is 1. The van der Waals surface area contributed by atoms with Crippen molar-refractivity contribution in [3.8, 4) is 11.1 Å². The Morgan fingerprint density at radius 3 is 2.43 bits per heavy atom. The number of allylic oxidation sites excluding steroid dienone is 4. The molecule has 1 aromatic heterocycles. The van der Waals surface area contributed by atoms with Crippen molar-refractivity contribution in [1.82, 2.24) is 4.98 Å². The smallest absolute Gasteiger partial charge is 0.0861 e. The summed E-state index contributed by atoms with van der Waals surface area (Å²) >= 11 is 0. The molecule has 0 saturated carbocycles. The molecule has 0 saturated heterocycles. The topological polar surface area (TPSA) is 15.8 Å². The summed E-state index contributed by atoms with van der Waals surface area (Å²) in [5, 5.41) is 1.31. The van der Waals surface area contributed by atoms with Crippen molar-refractivity contribution in [3.05, 3.63) is 119 Å². The summed E-state index contributed by atoms with van der Waals surface area (Å²) in [5.74, 6) is 0. The SMILES string of the molecule is C1=CC(C2(c3ccccc3)c3ccccc3-c3c2[nH]c2ccccc32)=CCC1.[HH]. The van der Waals surface area contributed by atoms with E-state index in [1.54, 1.807) is 0 Å². The van der Waals surface area contributed by atoms with Crippen LogP contribution in [-0.2, 0) is 5.41 Å². The second-order valence-electron chi connectivity index (χ2n) is 7.72. The molecule has 4 aromatic rings. The molecule has 0 radical (unpaired) electrons. The Kier molecular flexibility index (Phi) is 3.28. The molecule has 1 atom stereocenters. The van der Waals surface area contributed by atoms with E-state index >= 15 is 0 Å². The van der Waals surface area contributed by atoms with Crippen LogP contribution in [-0.4, -0.2) is 4.98 Å². The number of benzene rings is 3. The standard InChI is InChI=1S/C27H21N.H2/c1-3-11-19(12-4-1)27(20-13-5-2-6-14-20)23-17-9-7-15-21(23)25-22-16-8-10-18-24(22)28-26(25)27;/h1,3-5,7-18,28H,2,6H2;1H. The van der Waals surface area contributed by atoms with Crippen molar-refractivity contribution in [3.63, 3.8) is 0 Å². The fraction of sp³-hybridized carbons (Fsp3) is 0.111. The molecule has 2 aliphatic rings. The van der Waals surface area contributed by atoms with Crippen LogP contribution >= 0.6 is 0 Å². The van der Waals surface area contributed by atoms with Crippen LogP contribution in [0.3, 0.4) is 0 Å². The Bertz CT molecular complexity index is 1260. The molecule has 1 N–H and O–H groups in total. The molecule has 0 bridgehead atoms. The second-order valence-corrected chi connectivity index (χ2v) is 7.72. The second kappa shape index (κ2) is 5.84. The van der Waals surface area contributed by atoms with Crippen molar-refractivity contribution < 1.29 is 1.43 Å². The highest BCUT2D eigenvalue weighted by Crippen LogP contribution is 2.58. The Hall–Kier alpha value is -3.32. The summed E-state index contributed by atoms with van der Waals surface area (Å²) < 4.78 is 0. The quantitative estimate of drug-likeness (QED) is 0.395. The molecule has 1 nitrogen and oxygen atoms in total. The van der Waals surface area contributed by atoms with Gasteiger partial charge in [-0.05, 0) is 41.2 Å². The molecular weight excluding hydrogens is 338 g/mol.